The van der Waals surface area contributed by atoms with Gasteiger partial charge in [-0.1, -0.05) is 60.7 Å². The van der Waals surface area contributed by atoms with Crippen LogP contribution in [-0.4, -0.2) is 44.0 Å². The van der Waals surface area contributed by atoms with E-state index in [-0.39, 0.29) is 24.4 Å². The Morgan fingerprint density at radius 1 is 0.963 bits per heavy atom. The molecule has 146 valence electrons. The Morgan fingerprint density at radius 3 is 1.85 bits per heavy atom. The van der Waals surface area contributed by atoms with Gasteiger partial charge in [0.2, 0.25) is 15.9 Å². The zero-order chi connectivity index (χ0) is 19.9. The second-order valence-corrected chi connectivity index (χ2v) is 8.83. The summed E-state index contributed by atoms with van der Waals surface area (Å²) in [5.41, 5.74) is 2.16. The molecule has 0 saturated heterocycles. The van der Waals surface area contributed by atoms with Gasteiger partial charge < -0.3 is 5.32 Å². The molecule has 0 radical (unpaired) electrons. The summed E-state index contributed by atoms with van der Waals surface area (Å²) < 4.78 is 25.0. The number of nitrogens with one attached hydrogen (secondary N) is 1. The highest BCUT2D eigenvalue weighted by Crippen LogP contribution is 2.27. The molecule has 1 amide bonds. The van der Waals surface area contributed by atoms with Crippen molar-refractivity contribution in [3.05, 3.63) is 71.8 Å². The summed E-state index contributed by atoms with van der Waals surface area (Å²) in [6, 6.07) is 19.7. The number of amides is 1. The summed E-state index contributed by atoms with van der Waals surface area (Å²) >= 11 is 0. The smallest absolute Gasteiger partial charge is 0.220 e. The maximum absolute atomic E-state index is 12.5. The van der Waals surface area contributed by atoms with Crippen molar-refractivity contribution in [3.8, 4) is 0 Å². The molecule has 0 spiro atoms. The number of carbonyl (C=O) groups excluding carboxylic acids is 1. The van der Waals surface area contributed by atoms with Crippen LogP contribution in [0.15, 0.2) is 60.7 Å². The van der Waals surface area contributed by atoms with E-state index in [0.717, 1.165) is 11.1 Å². The van der Waals surface area contributed by atoms with Crippen molar-refractivity contribution in [3.63, 3.8) is 0 Å². The van der Waals surface area contributed by atoms with Crippen LogP contribution in [0.2, 0.25) is 0 Å². The van der Waals surface area contributed by atoms with Gasteiger partial charge in [0.05, 0.1) is 6.26 Å². The fourth-order valence-electron chi connectivity index (χ4n) is 3.17. The van der Waals surface area contributed by atoms with Crippen molar-refractivity contribution in [2.24, 2.45) is 0 Å². The fraction of sp³-hybridized carbons (Fsp3) is 0.381. The average Bonchev–Trinajstić information content (AvgIpc) is 2.63. The van der Waals surface area contributed by atoms with Crippen LogP contribution in [0.1, 0.15) is 37.3 Å². The molecule has 0 aliphatic rings. The van der Waals surface area contributed by atoms with E-state index in [1.165, 1.54) is 10.6 Å². The molecule has 0 atom stereocenters. The lowest BCUT2D eigenvalue weighted by Gasteiger charge is -2.24. The van der Waals surface area contributed by atoms with Crippen LogP contribution in [0, 0.1) is 0 Å². The van der Waals surface area contributed by atoms with Crippen LogP contribution in [0.3, 0.4) is 0 Å². The Morgan fingerprint density at radius 2 is 1.44 bits per heavy atom. The monoisotopic (exact) mass is 388 g/mol. The van der Waals surface area contributed by atoms with E-state index in [1.54, 1.807) is 0 Å². The second-order valence-electron chi connectivity index (χ2n) is 6.90. The molecule has 2 rings (SSSR count). The zero-order valence-corrected chi connectivity index (χ0v) is 16.9. The predicted molar refractivity (Wildman–Crippen MR) is 109 cm³/mol. The number of hydrogen-bond donors (Lipinski definition) is 1. The van der Waals surface area contributed by atoms with Crippen molar-refractivity contribution >= 4 is 15.9 Å². The molecule has 2 aromatic carbocycles. The molecular formula is C21H28N2O3S. The first-order chi connectivity index (χ1) is 12.8. The number of sulfonamides is 1. The van der Waals surface area contributed by atoms with E-state index in [9.17, 15) is 13.2 Å². The fourth-order valence-corrected chi connectivity index (χ4v) is 4.36. The molecule has 2 aromatic rings. The largest absolute Gasteiger partial charge is 0.355 e. The Kier molecular flexibility index (Phi) is 7.56. The topological polar surface area (TPSA) is 66.5 Å². The molecule has 1 N–H and O–H groups in total. The third-order valence-corrected chi connectivity index (χ3v) is 5.91. The summed E-state index contributed by atoms with van der Waals surface area (Å²) in [6.45, 7) is 4.21. The summed E-state index contributed by atoms with van der Waals surface area (Å²) in [5, 5.41) is 2.87. The molecule has 0 saturated carbocycles. The Balaban J connectivity index is 2.02. The normalized spacial score (nSPS) is 11.9. The molecule has 0 fully saturated rings. The molecule has 0 bridgehead atoms. The number of rotatable bonds is 9. The highest BCUT2D eigenvalue weighted by Gasteiger charge is 2.21. The minimum Gasteiger partial charge on any atom is -0.355 e. The van der Waals surface area contributed by atoms with Crippen molar-refractivity contribution < 1.29 is 13.2 Å². The first-order valence-electron chi connectivity index (χ1n) is 9.12. The van der Waals surface area contributed by atoms with Crippen LogP contribution < -0.4 is 5.32 Å². The van der Waals surface area contributed by atoms with Gasteiger partial charge in [-0.25, -0.2) is 8.42 Å². The van der Waals surface area contributed by atoms with Gasteiger partial charge in [-0.05, 0) is 25.0 Å². The molecule has 0 aromatic heterocycles. The molecular weight excluding hydrogens is 360 g/mol. The predicted octanol–water partition coefficient (Wildman–Crippen LogP) is 2.99. The number of hydrogen-bond acceptors (Lipinski definition) is 3. The van der Waals surface area contributed by atoms with Crippen molar-refractivity contribution in [1.82, 2.24) is 9.62 Å². The lowest BCUT2D eigenvalue weighted by atomic mass is 9.88. The van der Waals surface area contributed by atoms with E-state index >= 15 is 0 Å². The quantitative estimate of drug-likeness (QED) is 0.718. The summed E-state index contributed by atoms with van der Waals surface area (Å²) in [4.78, 5) is 12.5. The molecule has 6 heteroatoms. The van der Waals surface area contributed by atoms with Crippen LogP contribution in [-0.2, 0) is 14.8 Å². The first kappa shape index (κ1) is 21.1. The highest BCUT2D eigenvalue weighted by molar-refractivity contribution is 7.88. The van der Waals surface area contributed by atoms with Crippen molar-refractivity contribution in [2.45, 2.75) is 32.2 Å². The summed E-state index contributed by atoms with van der Waals surface area (Å²) in [7, 11) is -3.29. The molecule has 27 heavy (non-hydrogen) atoms. The molecule has 0 aliphatic carbocycles. The minimum atomic E-state index is -3.29. The molecule has 0 unspecified atom stereocenters. The van der Waals surface area contributed by atoms with E-state index in [1.807, 2.05) is 74.5 Å². The number of benzene rings is 2. The third kappa shape index (κ3) is 6.48. The van der Waals surface area contributed by atoms with E-state index in [2.05, 4.69) is 5.32 Å². The maximum atomic E-state index is 12.5. The van der Waals surface area contributed by atoms with Gasteiger partial charge in [-0.2, -0.15) is 4.31 Å². The number of nitrogens with zero attached hydrogens (tertiary/aromatic N) is 1. The Bertz CT molecular complexity index is 782. The lowest BCUT2D eigenvalue weighted by Crippen LogP contribution is -2.42. The average molecular weight is 389 g/mol. The Hall–Kier alpha value is -2.18. The van der Waals surface area contributed by atoms with Gasteiger partial charge >= 0.3 is 0 Å². The van der Waals surface area contributed by atoms with Crippen molar-refractivity contribution in [1.29, 1.82) is 0 Å². The minimum absolute atomic E-state index is 0.0384. The second kappa shape index (κ2) is 9.67. The molecule has 0 heterocycles. The van der Waals surface area contributed by atoms with Crippen LogP contribution >= 0.6 is 0 Å². The van der Waals surface area contributed by atoms with Gasteiger partial charge in [0.1, 0.15) is 0 Å². The third-order valence-electron chi connectivity index (χ3n) is 4.45. The van der Waals surface area contributed by atoms with Gasteiger partial charge in [-0.15, -0.1) is 0 Å². The van der Waals surface area contributed by atoms with Gasteiger partial charge in [0, 0.05) is 31.5 Å². The SMILES string of the molecule is CC(C)N(CCNC(=O)CC(c1ccccc1)c1ccccc1)S(C)(=O)=O. The van der Waals surface area contributed by atoms with E-state index in [0.29, 0.717) is 13.0 Å². The number of carbonyl (C=O) groups is 1. The standard InChI is InChI=1S/C21H28N2O3S/c1-17(2)23(27(3,25)26)15-14-22-21(24)16-20(18-10-6-4-7-11-18)19-12-8-5-9-13-19/h4-13,17,20H,14-16H2,1-3H3,(H,22,24). The molecule has 0 aliphatic heterocycles. The summed E-state index contributed by atoms with van der Waals surface area (Å²) in [6.07, 6.45) is 1.50. The van der Waals surface area contributed by atoms with Gasteiger partial charge in [-0.3, -0.25) is 4.79 Å². The zero-order valence-electron chi connectivity index (χ0n) is 16.1. The lowest BCUT2D eigenvalue weighted by molar-refractivity contribution is -0.121. The van der Waals surface area contributed by atoms with Crippen LogP contribution in [0.5, 0.6) is 0 Å². The van der Waals surface area contributed by atoms with Gasteiger partial charge in [0.15, 0.2) is 0 Å². The highest BCUT2D eigenvalue weighted by atomic mass is 32.2. The first-order valence-corrected chi connectivity index (χ1v) is 11.0. The van der Waals surface area contributed by atoms with E-state index in [4.69, 9.17) is 0 Å². The van der Waals surface area contributed by atoms with Gasteiger partial charge in [0.25, 0.3) is 0 Å². The Labute approximate surface area is 162 Å². The van der Waals surface area contributed by atoms with Crippen LogP contribution in [0.4, 0.5) is 0 Å². The van der Waals surface area contributed by atoms with Crippen molar-refractivity contribution in [2.75, 3.05) is 19.3 Å². The molecule has 5 nitrogen and oxygen atoms in total. The maximum Gasteiger partial charge on any atom is 0.220 e. The van der Waals surface area contributed by atoms with E-state index < -0.39 is 10.0 Å². The summed E-state index contributed by atoms with van der Waals surface area (Å²) in [5.74, 6) is -0.131. The van der Waals surface area contributed by atoms with Crippen LogP contribution in [0.25, 0.3) is 0 Å².